The third kappa shape index (κ3) is 3.05. The number of nitrogens with one attached hydrogen (secondary N) is 1. The summed E-state index contributed by atoms with van der Waals surface area (Å²) in [5.74, 6) is -0.356. The van der Waals surface area contributed by atoms with Crippen LogP contribution in [0.5, 0.6) is 0 Å². The third-order valence-corrected chi connectivity index (χ3v) is 2.77. The average molecular weight is 294 g/mol. The van der Waals surface area contributed by atoms with Crippen LogP contribution in [0, 0.1) is 18.3 Å². The quantitative estimate of drug-likeness (QED) is 0.922. The monoisotopic (exact) mass is 294 g/mol. The van der Waals surface area contributed by atoms with E-state index in [4.69, 9.17) is 5.26 Å². The normalized spacial score (nSPS) is 10.7. The lowest BCUT2D eigenvalue weighted by Crippen LogP contribution is -2.22. The average Bonchev–Trinajstić information content (AvgIpc) is 2.94. The maximum Gasteiger partial charge on any atom is 0.280 e. The van der Waals surface area contributed by atoms with E-state index in [1.807, 2.05) is 6.07 Å². The molecule has 0 atom stereocenters. The van der Waals surface area contributed by atoms with Crippen LogP contribution in [0.4, 0.5) is 14.6 Å². The van der Waals surface area contributed by atoms with Gasteiger partial charge in [-0.05, 0) is 13.0 Å². The van der Waals surface area contributed by atoms with Crippen LogP contribution in [0.2, 0.25) is 0 Å². The molecule has 2 aromatic rings. The van der Waals surface area contributed by atoms with Crippen LogP contribution in [-0.2, 0) is 18.4 Å². The molecule has 2 heterocycles. The molecule has 0 spiro atoms. The fourth-order valence-electron chi connectivity index (χ4n) is 1.84. The van der Waals surface area contributed by atoms with Gasteiger partial charge >= 0.3 is 0 Å². The minimum Gasteiger partial charge on any atom is -0.308 e. The van der Waals surface area contributed by atoms with Gasteiger partial charge in [-0.15, -0.1) is 0 Å². The number of aromatic nitrogens is 4. The highest BCUT2D eigenvalue weighted by Gasteiger charge is 2.18. The molecule has 0 unspecified atom stereocenters. The summed E-state index contributed by atoms with van der Waals surface area (Å²) in [6.07, 6.45) is -1.41. The van der Waals surface area contributed by atoms with Gasteiger partial charge in [-0.3, -0.25) is 14.2 Å². The van der Waals surface area contributed by atoms with Crippen LogP contribution < -0.4 is 5.32 Å². The number of rotatable bonds is 4. The van der Waals surface area contributed by atoms with Crippen molar-refractivity contribution >= 4 is 11.7 Å². The smallest absolute Gasteiger partial charge is 0.280 e. The number of anilines is 1. The van der Waals surface area contributed by atoms with Crippen molar-refractivity contribution in [1.29, 1.82) is 5.26 Å². The predicted molar refractivity (Wildman–Crippen MR) is 68.5 cm³/mol. The van der Waals surface area contributed by atoms with E-state index in [1.54, 1.807) is 14.0 Å². The van der Waals surface area contributed by atoms with E-state index < -0.39 is 12.3 Å². The zero-order valence-electron chi connectivity index (χ0n) is 11.3. The summed E-state index contributed by atoms with van der Waals surface area (Å²) in [5.41, 5.74) is 0.265. The molecular formula is C12H12F2N6O. The summed E-state index contributed by atoms with van der Waals surface area (Å²) in [6, 6.07) is 3.10. The van der Waals surface area contributed by atoms with Gasteiger partial charge in [0.15, 0.2) is 0 Å². The van der Waals surface area contributed by atoms with Gasteiger partial charge in [0.2, 0.25) is 5.91 Å². The molecule has 7 nitrogen and oxygen atoms in total. The molecule has 0 bridgehead atoms. The van der Waals surface area contributed by atoms with Gasteiger partial charge in [0, 0.05) is 7.05 Å². The predicted octanol–water partition coefficient (Wildman–Crippen LogP) is 1.37. The van der Waals surface area contributed by atoms with Crippen LogP contribution >= 0.6 is 0 Å². The second kappa shape index (κ2) is 5.70. The molecule has 110 valence electrons. The highest BCUT2D eigenvalue weighted by Crippen LogP contribution is 2.20. The molecular weight excluding hydrogens is 282 g/mol. The topological polar surface area (TPSA) is 88.5 Å². The van der Waals surface area contributed by atoms with Crippen molar-refractivity contribution in [2.24, 2.45) is 7.05 Å². The van der Waals surface area contributed by atoms with Gasteiger partial charge in [0.05, 0.1) is 11.9 Å². The zero-order valence-corrected chi connectivity index (χ0v) is 11.3. The molecule has 9 heteroatoms. The Morgan fingerprint density at radius 1 is 1.57 bits per heavy atom. The Morgan fingerprint density at radius 3 is 2.90 bits per heavy atom. The highest BCUT2D eigenvalue weighted by molar-refractivity contribution is 5.90. The molecule has 0 aliphatic heterocycles. The SMILES string of the molecule is Cc1cc(C(F)F)n(CC(=O)Nc2c(C#N)cnn2C)n1. The standard InChI is InChI=1S/C12H12F2N6O/c1-7-3-9(11(13)14)20(18-7)6-10(21)17-12-8(4-15)5-16-19(12)2/h3,5,11H,6H2,1-2H3,(H,17,21). The first-order chi connectivity index (χ1) is 9.92. The molecule has 0 aromatic carbocycles. The van der Waals surface area contributed by atoms with Crippen molar-refractivity contribution in [3.05, 3.63) is 29.2 Å². The molecule has 2 aromatic heterocycles. The summed E-state index contributed by atoms with van der Waals surface area (Å²) >= 11 is 0. The Bertz CT molecular complexity index is 712. The number of alkyl halides is 2. The molecule has 0 aliphatic carbocycles. The number of carbonyl (C=O) groups excluding carboxylic acids is 1. The maximum atomic E-state index is 12.8. The first kappa shape index (κ1) is 14.6. The Labute approximate surface area is 118 Å². The number of hydrogen-bond acceptors (Lipinski definition) is 4. The molecule has 1 N–H and O–H groups in total. The van der Waals surface area contributed by atoms with E-state index in [-0.39, 0.29) is 23.6 Å². The fourth-order valence-corrected chi connectivity index (χ4v) is 1.84. The molecule has 0 radical (unpaired) electrons. The highest BCUT2D eigenvalue weighted by atomic mass is 19.3. The molecule has 0 saturated heterocycles. The summed E-state index contributed by atoms with van der Waals surface area (Å²) in [7, 11) is 1.55. The van der Waals surface area contributed by atoms with Crippen molar-refractivity contribution in [1.82, 2.24) is 19.6 Å². The first-order valence-corrected chi connectivity index (χ1v) is 5.96. The molecule has 1 amide bonds. The van der Waals surface area contributed by atoms with Crippen LogP contribution in [0.3, 0.4) is 0 Å². The van der Waals surface area contributed by atoms with Crippen LogP contribution in [0.1, 0.15) is 23.4 Å². The van der Waals surface area contributed by atoms with Crippen molar-refractivity contribution in [3.8, 4) is 6.07 Å². The van der Waals surface area contributed by atoms with E-state index in [0.29, 0.717) is 5.69 Å². The molecule has 0 saturated carbocycles. The van der Waals surface area contributed by atoms with Gasteiger partial charge < -0.3 is 5.32 Å². The Hall–Kier alpha value is -2.76. The summed E-state index contributed by atoms with van der Waals surface area (Å²) in [4.78, 5) is 11.9. The summed E-state index contributed by atoms with van der Waals surface area (Å²) < 4.78 is 27.9. The van der Waals surface area contributed by atoms with Crippen LogP contribution in [0.25, 0.3) is 0 Å². The van der Waals surface area contributed by atoms with E-state index in [9.17, 15) is 13.6 Å². The molecule has 21 heavy (non-hydrogen) atoms. The van der Waals surface area contributed by atoms with Gasteiger partial charge in [0.1, 0.15) is 29.7 Å². The summed E-state index contributed by atoms with van der Waals surface area (Å²) in [6.45, 7) is 1.19. The van der Waals surface area contributed by atoms with Crippen molar-refractivity contribution in [2.45, 2.75) is 19.9 Å². The Balaban J connectivity index is 2.16. The van der Waals surface area contributed by atoms with Crippen LogP contribution in [0.15, 0.2) is 12.3 Å². The Kier molecular flexibility index (Phi) is 3.98. The van der Waals surface area contributed by atoms with Gasteiger partial charge in [-0.25, -0.2) is 8.78 Å². The second-order valence-corrected chi connectivity index (χ2v) is 4.36. The lowest BCUT2D eigenvalue weighted by Gasteiger charge is -2.08. The van der Waals surface area contributed by atoms with Crippen molar-refractivity contribution in [3.63, 3.8) is 0 Å². The third-order valence-electron chi connectivity index (χ3n) is 2.77. The molecule has 2 rings (SSSR count). The maximum absolute atomic E-state index is 12.8. The van der Waals surface area contributed by atoms with Crippen molar-refractivity contribution in [2.75, 3.05) is 5.32 Å². The number of carbonyl (C=O) groups is 1. The number of aryl methyl sites for hydroxylation is 2. The lowest BCUT2D eigenvalue weighted by atomic mass is 10.3. The number of halogens is 2. The first-order valence-electron chi connectivity index (χ1n) is 5.96. The second-order valence-electron chi connectivity index (χ2n) is 4.36. The largest absolute Gasteiger partial charge is 0.308 e. The fraction of sp³-hybridized carbons (Fsp3) is 0.333. The Morgan fingerprint density at radius 2 is 2.29 bits per heavy atom. The van der Waals surface area contributed by atoms with Gasteiger partial charge in [0.25, 0.3) is 6.43 Å². The number of nitrogens with zero attached hydrogens (tertiary/aromatic N) is 5. The summed E-state index contributed by atoms with van der Waals surface area (Å²) in [5, 5.41) is 19.0. The lowest BCUT2D eigenvalue weighted by molar-refractivity contribution is -0.117. The zero-order chi connectivity index (χ0) is 15.6. The number of amides is 1. The minimum absolute atomic E-state index is 0.191. The van der Waals surface area contributed by atoms with Crippen LogP contribution in [-0.4, -0.2) is 25.5 Å². The van der Waals surface area contributed by atoms with E-state index in [0.717, 1.165) is 4.68 Å². The van der Waals surface area contributed by atoms with Crippen molar-refractivity contribution < 1.29 is 13.6 Å². The van der Waals surface area contributed by atoms with E-state index >= 15 is 0 Å². The van der Waals surface area contributed by atoms with E-state index in [2.05, 4.69) is 15.5 Å². The minimum atomic E-state index is -2.72. The van der Waals surface area contributed by atoms with Gasteiger partial charge in [-0.2, -0.15) is 15.5 Å². The van der Waals surface area contributed by atoms with Gasteiger partial charge in [-0.1, -0.05) is 0 Å². The van der Waals surface area contributed by atoms with E-state index in [1.165, 1.54) is 16.9 Å². The molecule has 0 aliphatic rings. The number of hydrogen-bond donors (Lipinski definition) is 1. The molecule has 0 fully saturated rings. The number of nitriles is 1.